The van der Waals surface area contributed by atoms with E-state index in [0.717, 1.165) is 12.1 Å². The molecule has 0 atom stereocenters. The van der Waals surface area contributed by atoms with Crippen LogP contribution in [-0.2, 0) is 0 Å². The Morgan fingerprint density at radius 3 is 2.19 bits per heavy atom. The lowest BCUT2D eigenvalue weighted by Crippen LogP contribution is -2.17. The van der Waals surface area contributed by atoms with E-state index in [1.807, 2.05) is 0 Å². The molecular formula is C19H14F3NO3. The number of hydrogen-bond donors (Lipinski definition) is 0. The Morgan fingerprint density at radius 2 is 1.50 bits per heavy atom. The number of nitrogens with zero attached hydrogens (tertiary/aromatic N) is 1. The van der Waals surface area contributed by atoms with Crippen LogP contribution in [0.2, 0.25) is 0 Å². The lowest BCUT2D eigenvalue weighted by molar-refractivity contribution is 0.211. The summed E-state index contributed by atoms with van der Waals surface area (Å²) in [4.78, 5) is 12.1. The minimum atomic E-state index is -0.799. The Balaban J connectivity index is 1.58. The quantitative estimate of drug-likeness (QED) is 0.629. The van der Waals surface area contributed by atoms with Crippen LogP contribution in [-0.4, -0.2) is 17.8 Å². The molecule has 26 heavy (non-hydrogen) atoms. The van der Waals surface area contributed by atoms with E-state index < -0.39 is 11.6 Å². The van der Waals surface area contributed by atoms with Crippen molar-refractivity contribution in [2.75, 3.05) is 13.2 Å². The number of aromatic nitrogens is 1. The summed E-state index contributed by atoms with van der Waals surface area (Å²) in [6, 6.07) is 11.4. The summed E-state index contributed by atoms with van der Waals surface area (Å²) < 4.78 is 51.1. The number of ether oxygens (including phenoxy) is 2. The summed E-state index contributed by atoms with van der Waals surface area (Å²) in [5, 5.41) is 0. The molecule has 0 aliphatic heterocycles. The van der Waals surface area contributed by atoms with Crippen molar-refractivity contribution in [3.05, 3.63) is 88.6 Å². The lowest BCUT2D eigenvalue weighted by atomic mass is 10.3. The summed E-state index contributed by atoms with van der Waals surface area (Å²) in [6.07, 6.45) is 1.51. The molecule has 0 radical (unpaired) electrons. The van der Waals surface area contributed by atoms with Gasteiger partial charge < -0.3 is 9.47 Å². The van der Waals surface area contributed by atoms with Crippen molar-refractivity contribution in [3.8, 4) is 17.2 Å². The predicted molar refractivity (Wildman–Crippen MR) is 89.3 cm³/mol. The van der Waals surface area contributed by atoms with E-state index >= 15 is 0 Å². The molecule has 2 aromatic carbocycles. The number of rotatable bonds is 6. The predicted octanol–water partition coefficient (Wildman–Crippen LogP) is 3.71. The number of hydrogen-bond acceptors (Lipinski definition) is 3. The second-order valence-electron chi connectivity index (χ2n) is 5.32. The molecule has 0 fully saturated rings. The largest absolute Gasteiger partial charge is 0.490 e. The van der Waals surface area contributed by atoms with Gasteiger partial charge in [0.1, 0.15) is 30.6 Å². The summed E-state index contributed by atoms with van der Waals surface area (Å²) in [6.45, 7) is 0.0837. The second-order valence-corrected chi connectivity index (χ2v) is 5.32. The third-order valence-corrected chi connectivity index (χ3v) is 3.50. The van der Waals surface area contributed by atoms with Gasteiger partial charge in [0.25, 0.3) is 5.56 Å². The van der Waals surface area contributed by atoms with E-state index in [2.05, 4.69) is 0 Å². The summed E-state index contributed by atoms with van der Waals surface area (Å²) >= 11 is 0. The van der Waals surface area contributed by atoms with Gasteiger partial charge in [0.05, 0.1) is 0 Å². The van der Waals surface area contributed by atoms with Gasteiger partial charge in [-0.2, -0.15) is 0 Å². The van der Waals surface area contributed by atoms with Gasteiger partial charge in [-0.25, -0.2) is 13.2 Å². The fraction of sp³-hybridized carbons (Fsp3) is 0.105. The zero-order valence-electron chi connectivity index (χ0n) is 13.5. The zero-order valence-corrected chi connectivity index (χ0v) is 13.5. The highest BCUT2D eigenvalue weighted by molar-refractivity contribution is 5.34. The first-order valence-corrected chi connectivity index (χ1v) is 7.72. The average Bonchev–Trinajstić information content (AvgIpc) is 2.61. The maximum Gasteiger partial charge on any atom is 0.258 e. The van der Waals surface area contributed by atoms with Crippen LogP contribution in [0.1, 0.15) is 0 Å². The topological polar surface area (TPSA) is 40.5 Å². The molecule has 0 saturated carbocycles. The Hall–Kier alpha value is -3.22. The molecule has 0 unspecified atom stereocenters. The maximum absolute atomic E-state index is 13.4. The molecule has 1 aromatic heterocycles. The van der Waals surface area contributed by atoms with Gasteiger partial charge >= 0.3 is 0 Å². The number of benzene rings is 2. The van der Waals surface area contributed by atoms with Crippen molar-refractivity contribution in [3.63, 3.8) is 0 Å². The molecule has 0 saturated heterocycles. The summed E-state index contributed by atoms with van der Waals surface area (Å²) in [5.74, 6) is -1.64. The van der Waals surface area contributed by atoms with E-state index in [0.29, 0.717) is 11.4 Å². The Morgan fingerprint density at radius 1 is 0.808 bits per heavy atom. The van der Waals surface area contributed by atoms with Crippen molar-refractivity contribution in [2.45, 2.75) is 0 Å². The highest BCUT2D eigenvalue weighted by Gasteiger charge is 2.06. The van der Waals surface area contributed by atoms with Gasteiger partial charge in [-0.15, -0.1) is 0 Å². The Labute approximate surface area is 147 Å². The van der Waals surface area contributed by atoms with Crippen LogP contribution in [0.4, 0.5) is 13.2 Å². The lowest BCUT2D eigenvalue weighted by Gasteiger charge is -2.10. The van der Waals surface area contributed by atoms with E-state index in [9.17, 15) is 18.0 Å². The molecule has 0 amide bonds. The molecular weight excluding hydrogens is 347 g/mol. The molecule has 3 rings (SSSR count). The molecule has 0 N–H and O–H groups in total. The van der Waals surface area contributed by atoms with E-state index in [1.54, 1.807) is 6.07 Å². The number of halogens is 3. The van der Waals surface area contributed by atoms with Crippen molar-refractivity contribution in [2.24, 2.45) is 0 Å². The fourth-order valence-corrected chi connectivity index (χ4v) is 2.27. The first-order chi connectivity index (χ1) is 12.5. The van der Waals surface area contributed by atoms with Crippen LogP contribution in [0.5, 0.6) is 11.5 Å². The molecule has 0 bridgehead atoms. The molecule has 1 heterocycles. The molecule has 0 aliphatic carbocycles. The number of pyridine rings is 1. The molecule has 7 heteroatoms. The molecule has 3 aromatic rings. The fourth-order valence-electron chi connectivity index (χ4n) is 2.27. The highest BCUT2D eigenvalue weighted by atomic mass is 19.1. The molecule has 0 aliphatic rings. The van der Waals surface area contributed by atoms with E-state index in [-0.39, 0.29) is 30.3 Å². The third kappa shape index (κ3) is 4.24. The first-order valence-electron chi connectivity index (χ1n) is 7.72. The van der Waals surface area contributed by atoms with Gasteiger partial charge in [0.2, 0.25) is 0 Å². The van der Waals surface area contributed by atoms with Crippen LogP contribution in [0.3, 0.4) is 0 Å². The summed E-state index contributed by atoms with van der Waals surface area (Å²) in [7, 11) is 0. The van der Waals surface area contributed by atoms with Gasteiger partial charge in [0.15, 0.2) is 11.6 Å². The summed E-state index contributed by atoms with van der Waals surface area (Å²) in [5.41, 5.74) is 0.178. The zero-order chi connectivity index (χ0) is 18.5. The van der Waals surface area contributed by atoms with Crippen molar-refractivity contribution < 1.29 is 22.6 Å². The van der Waals surface area contributed by atoms with Gasteiger partial charge in [-0.3, -0.25) is 9.36 Å². The van der Waals surface area contributed by atoms with E-state index in [4.69, 9.17) is 9.47 Å². The monoisotopic (exact) mass is 361 g/mol. The Bertz CT molecular complexity index is 955. The van der Waals surface area contributed by atoms with Crippen LogP contribution < -0.4 is 15.0 Å². The minimum Gasteiger partial charge on any atom is -0.490 e. The normalized spacial score (nSPS) is 10.6. The second kappa shape index (κ2) is 7.77. The van der Waals surface area contributed by atoms with Crippen LogP contribution in [0.25, 0.3) is 5.69 Å². The van der Waals surface area contributed by atoms with Gasteiger partial charge in [-0.05, 0) is 42.5 Å². The molecule has 4 nitrogen and oxygen atoms in total. The van der Waals surface area contributed by atoms with E-state index in [1.165, 1.54) is 47.2 Å². The van der Waals surface area contributed by atoms with Crippen LogP contribution in [0, 0.1) is 17.5 Å². The van der Waals surface area contributed by atoms with Crippen molar-refractivity contribution >= 4 is 0 Å². The Kier molecular flexibility index (Phi) is 5.26. The smallest absolute Gasteiger partial charge is 0.258 e. The molecule has 134 valence electrons. The van der Waals surface area contributed by atoms with Crippen molar-refractivity contribution in [1.82, 2.24) is 4.57 Å². The van der Waals surface area contributed by atoms with Crippen LogP contribution in [0.15, 0.2) is 65.6 Å². The van der Waals surface area contributed by atoms with Crippen LogP contribution >= 0.6 is 0 Å². The van der Waals surface area contributed by atoms with Gasteiger partial charge in [-0.1, -0.05) is 0 Å². The van der Waals surface area contributed by atoms with Gasteiger partial charge in [0, 0.05) is 24.0 Å². The average molecular weight is 361 g/mol. The highest BCUT2D eigenvalue weighted by Crippen LogP contribution is 2.17. The minimum absolute atomic E-state index is 0.0175. The first kappa shape index (κ1) is 17.6. The standard InChI is InChI=1S/C19H14F3NO3/c20-13-1-4-15(5-2-13)23-8-7-16(12-19(23)24)25-9-10-26-18-6-3-14(21)11-17(18)22/h1-8,11-12H,9-10H2. The third-order valence-electron chi connectivity index (χ3n) is 3.50. The SMILES string of the molecule is O=c1cc(OCCOc2ccc(F)cc2F)ccn1-c1ccc(F)cc1. The van der Waals surface area contributed by atoms with Crippen molar-refractivity contribution in [1.29, 1.82) is 0 Å². The molecule has 0 spiro atoms. The maximum atomic E-state index is 13.4.